The van der Waals surface area contributed by atoms with Crippen molar-refractivity contribution in [1.29, 1.82) is 0 Å². The Morgan fingerprint density at radius 3 is 2.37 bits per heavy atom. The lowest BCUT2D eigenvalue weighted by Gasteiger charge is -2.17. The van der Waals surface area contributed by atoms with Gasteiger partial charge in [-0.25, -0.2) is 0 Å². The third-order valence-corrected chi connectivity index (χ3v) is 4.32. The van der Waals surface area contributed by atoms with Gasteiger partial charge in [-0.05, 0) is 51.4 Å². The Morgan fingerprint density at radius 2 is 1.95 bits per heavy atom. The maximum absolute atomic E-state index is 12.1. The quantitative estimate of drug-likeness (QED) is 0.842. The number of nitrogens with zero attached hydrogens (tertiary/aromatic N) is 2. The maximum atomic E-state index is 12.1. The highest BCUT2D eigenvalue weighted by Crippen LogP contribution is 2.44. The van der Waals surface area contributed by atoms with Crippen LogP contribution in [0, 0.1) is 25.7 Å². The first kappa shape index (κ1) is 12.5. The Hall–Kier alpha value is -1.52. The highest BCUT2D eigenvalue weighted by Gasteiger charge is 2.42. The molecule has 104 valence electrons. The average Bonchev–Trinajstić information content (AvgIpc) is 3.26. The van der Waals surface area contributed by atoms with Crippen molar-refractivity contribution < 1.29 is 4.79 Å². The molecule has 0 aromatic carbocycles. The standard InChI is InChI=1S/C14H22N4O/c1-8-13(15)9(2)18(17-8)7-12(19)16-14(10-3-4-10)11-5-6-11/h10-11,14H,3-7,15H2,1-2H3,(H,16,19). The lowest BCUT2D eigenvalue weighted by atomic mass is 10.1. The zero-order chi connectivity index (χ0) is 13.6. The summed E-state index contributed by atoms with van der Waals surface area (Å²) in [4.78, 5) is 12.1. The Labute approximate surface area is 113 Å². The second-order valence-corrected chi connectivity index (χ2v) is 6.01. The van der Waals surface area contributed by atoms with Crippen LogP contribution in [0.3, 0.4) is 0 Å². The number of nitrogens with two attached hydrogens (primary N) is 1. The molecule has 19 heavy (non-hydrogen) atoms. The fourth-order valence-corrected chi connectivity index (χ4v) is 2.76. The molecule has 0 saturated heterocycles. The minimum Gasteiger partial charge on any atom is -0.396 e. The number of anilines is 1. The molecule has 3 rings (SSSR count). The van der Waals surface area contributed by atoms with Crippen molar-refractivity contribution in [2.45, 2.75) is 52.1 Å². The number of nitrogens with one attached hydrogen (secondary N) is 1. The summed E-state index contributed by atoms with van der Waals surface area (Å²) in [7, 11) is 0. The van der Waals surface area contributed by atoms with E-state index in [9.17, 15) is 4.79 Å². The summed E-state index contributed by atoms with van der Waals surface area (Å²) in [6, 6.07) is 0.404. The molecule has 3 N–H and O–H groups in total. The van der Waals surface area contributed by atoms with Gasteiger partial charge in [0.05, 0.1) is 17.1 Å². The summed E-state index contributed by atoms with van der Waals surface area (Å²) in [6.07, 6.45) is 5.09. The van der Waals surface area contributed by atoms with Crippen LogP contribution in [0.1, 0.15) is 37.1 Å². The van der Waals surface area contributed by atoms with Gasteiger partial charge in [0.2, 0.25) is 5.91 Å². The second kappa shape index (κ2) is 4.54. The van der Waals surface area contributed by atoms with Crippen LogP contribution in [0.5, 0.6) is 0 Å². The first-order valence-electron chi connectivity index (χ1n) is 7.15. The van der Waals surface area contributed by atoms with Crippen LogP contribution < -0.4 is 11.1 Å². The van der Waals surface area contributed by atoms with Crippen LogP contribution in [0.2, 0.25) is 0 Å². The van der Waals surface area contributed by atoms with Crippen LogP contribution in [0.15, 0.2) is 0 Å². The smallest absolute Gasteiger partial charge is 0.241 e. The predicted octanol–water partition coefficient (Wildman–Crippen LogP) is 1.39. The van der Waals surface area contributed by atoms with Gasteiger partial charge >= 0.3 is 0 Å². The Balaban J connectivity index is 1.62. The van der Waals surface area contributed by atoms with Gasteiger partial charge in [0.15, 0.2) is 0 Å². The molecule has 0 spiro atoms. The Kier molecular flexibility index (Phi) is 2.99. The zero-order valence-corrected chi connectivity index (χ0v) is 11.6. The van der Waals surface area contributed by atoms with E-state index >= 15 is 0 Å². The largest absolute Gasteiger partial charge is 0.396 e. The summed E-state index contributed by atoms with van der Waals surface area (Å²) in [5.74, 6) is 1.51. The van der Waals surface area contributed by atoms with E-state index in [-0.39, 0.29) is 12.5 Å². The SMILES string of the molecule is Cc1nn(CC(=O)NC(C2CC2)C2CC2)c(C)c1N. The molecule has 0 aliphatic heterocycles. The topological polar surface area (TPSA) is 72.9 Å². The molecule has 2 aliphatic carbocycles. The van der Waals surface area contributed by atoms with E-state index in [4.69, 9.17) is 5.73 Å². The van der Waals surface area contributed by atoms with Gasteiger partial charge in [-0.1, -0.05) is 0 Å². The third-order valence-electron chi connectivity index (χ3n) is 4.32. The van der Waals surface area contributed by atoms with Gasteiger partial charge in [0, 0.05) is 6.04 Å². The highest BCUT2D eigenvalue weighted by atomic mass is 16.2. The van der Waals surface area contributed by atoms with Crippen molar-refractivity contribution in [1.82, 2.24) is 15.1 Å². The lowest BCUT2D eigenvalue weighted by Crippen LogP contribution is -2.40. The number of carbonyl (C=O) groups excluding carboxylic acids is 1. The molecule has 2 aliphatic rings. The molecule has 1 amide bonds. The molecule has 1 aromatic heterocycles. The molecule has 1 heterocycles. The third kappa shape index (κ3) is 2.60. The van der Waals surface area contributed by atoms with Crippen LogP contribution in [-0.2, 0) is 11.3 Å². The number of hydrogen-bond acceptors (Lipinski definition) is 3. The zero-order valence-electron chi connectivity index (χ0n) is 11.6. The summed E-state index contributed by atoms with van der Waals surface area (Å²) >= 11 is 0. The highest BCUT2D eigenvalue weighted by molar-refractivity contribution is 5.76. The maximum Gasteiger partial charge on any atom is 0.241 e. The summed E-state index contributed by atoms with van der Waals surface area (Å²) in [5, 5.41) is 7.51. The molecule has 0 atom stereocenters. The molecule has 0 bridgehead atoms. The number of aromatic nitrogens is 2. The van der Waals surface area contributed by atoms with Crippen LogP contribution >= 0.6 is 0 Å². The van der Waals surface area contributed by atoms with Crippen LogP contribution in [0.25, 0.3) is 0 Å². The minimum atomic E-state index is 0.0643. The van der Waals surface area contributed by atoms with Gasteiger partial charge in [0.1, 0.15) is 6.54 Å². The molecule has 5 heteroatoms. The Morgan fingerprint density at radius 1 is 1.37 bits per heavy atom. The van der Waals surface area contributed by atoms with Gasteiger partial charge in [-0.2, -0.15) is 5.10 Å². The van der Waals surface area contributed by atoms with Crippen molar-refractivity contribution in [3.63, 3.8) is 0 Å². The van der Waals surface area contributed by atoms with E-state index < -0.39 is 0 Å². The van der Waals surface area contributed by atoms with Crippen molar-refractivity contribution in [3.8, 4) is 0 Å². The summed E-state index contributed by atoms with van der Waals surface area (Å²) in [6.45, 7) is 4.05. The molecule has 0 radical (unpaired) electrons. The van der Waals surface area contributed by atoms with E-state index in [0.29, 0.717) is 11.7 Å². The van der Waals surface area contributed by atoms with Gasteiger partial charge in [-0.3, -0.25) is 9.48 Å². The number of nitrogen functional groups attached to an aromatic ring is 1. The minimum absolute atomic E-state index is 0.0643. The van der Waals surface area contributed by atoms with Crippen LogP contribution in [-0.4, -0.2) is 21.7 Å². The van der Waals surface area contributed by atoms with Gasteiger partial charge in [0.25, 0.3) is 0 Å². The van der Waals surface area contributed by atoms with Gasteiger partial charge in [-0.15, -0.1) is 0 Å². The Bertz CT molecular complexity index is 488. The molecule has 1 aromatic rings. The number of aryl methyl sites for hydroxylation is 1. The first-order chi connectivity index (χ1) is 9.06. The van der Waals surface area contributed by atoms with Crippen molar-refractivity contribution in [2.24, 2.45) is 11.8 Å². The first-order valence-corrected chi connectivity index (χ1v) is 7.15. The fraction of sp³-hybridized carbons (Fsp3) is 0.714. The number of carbonyl (C=O) groups is 1. The molecule has 2 saturated carbocycles. The van der Waals surface area contributed by atoms with E-state index in [1.54, 1.807) is 4.68 Å². The number of hydrogen-bond donors (Lipinski definition) is 2. The van der Waals surface area contributed by atoms with Gasteiger partial charge < -0.3 is 11.1 Å². The normalized spacial score (nSPS) is 18.9. The van der Waals surface area contributed by atoms with Crippen molar-refractivity contribution in [3.05, 3.63) is 11.4 Å². The number of amides is 1. The monoisotopic (exact) mass is 262 g/mol. The molecular weight excluding hydrogens is 240 g/mol. The molecule has 0 unspecified atom stereocenters. The molecule has 2 fully saturated rings. The fourth-order valence-electron chi connectivity index (χ4n) is 2.76. The summed E-state index contributed by atoms with van der Waals surface area (Å²) in [5.41, 5.74) is 8.24. The summed E-state index contributed by atoms with van der Waals surface area (Å²) < 4.78 is 1.71. The van der Waals surface area contributed by atoms with Crippen LogP contribution in [0.4, 0.5) is 5.69 Å². The van der Waals surface area contributed by atoms with E-state index in [0.717, 1.165) is 23.2 Å². The number of rotatable bonds is 5. The van der Waals surface area contributed by atoms with Crippen molar-refractivity contribution >= 4 is 11.6 Å². The average molecular weight is 262 g/mol. The van der Waals surface area contributed by atoms with E-state index in [2.05, 4.69) is 10.4 Å². The van der Waals surface area contributed by atoms with E-state index in [1.165, 1.54) is 25.7 Å². The van der Waals surface area contributed by atoms with E-state index in [1.807, 2.05) is 13.8 Å². The lowest BCUT2D eigenvalue weighted by molar-refractivity contribution is -0.122. The molecular formula is C14H22N4O. The predicted molar refractivity (Wildman–Crippen MR) is 73.5 cm³/mol. The van der Waals surface area contributed by atoms with Crippen molar-refractivity contribution in [2.75, 3.05) is 5.73 Å². The molecule has 5 nitrogen and oxygen atoms in total. The second-order valence-electron chi connectivity index (χ2n) is 6.01.